The molecule has 0 bridgehead atoms. The molecule has 2 heterocycles. The van der Waals surface area contributed by atoms with Crippen molar-refractivity contribution < 1.29 is 0 Å². The molecule has 0 N–H and O–H groups in total. The van der Waals surface area contributed by atoms with E-state index in [1.165, 1.54) is 12.8 Å². The number of piperidine rings is 1. The minimum absolute atomic E-state index is 0.854. The molecule has 2 rings (SSSR count). The van der Waals surface area contributed by atoms with E-state index in [4.69, 9.17) is 0 Å². The van der Waals surface area contributed by atoms with Crippen molar-refractivity contribution in [3.63, 3.8) is 0 Å². The number of rotatable bonds is 1. The van der Waals surface area contributed by atoms with Crippen molar-refractivity contribution >= 4 is 5.82 Å². The summed E-state index contributed by atoms with van der Waals surface area (Å²) in [4.78, 5) is 10.8. The van der Waals surface area contributed by atoms with Crippen molar-refractivity contribution in [3.8, 4) is 0 Å². The second kappa shape index (κ2) is 3.73. The first kappa shape index (κ1) is 8.48. The Bertz CT molecular complexity index is 279. The molecule has 1 aliphatic rings. The van der Waals surface area contributed by atoms with Gasteiger partial charge in [0.15, 0.2) is 0 Å². The molecule has 1 aromatic rings. The van der Waals surface area contributed by atoms with Crippen LogP contribution in [-0.2, 0) is 0 Å². The maximum atomic E-state index is 4.40. The maximum absolute atomic E-state index is 4.40. The van der Waals surface area contributed by atoms with Crippen LogP contribution in [0.4, 0.5) is 5.82 Å². The Morgan fingerprint density at radius 2 is 2.08 bits per heavy atom. The molecule has 3 heteroatoms. The van der Waals surface area contributed by atoms with Gasteiger partial charge in [-0.05, 0) is 32.3 Å². The molecule has 0 unspecified atom stereocenters. The molecule has 0 aromatic carbocycles. The molecule has 0 atom stereocenters. The van der Waals surface area contributed by atoms with Gasteiger partial charge in [-0.15, -0.1) is 0 Å². The average molecular weight is 176 g/mol. The van der Waals surface area contributed by atoms with E-state index in [0.29, 0.717) is 0 Å². The fraction of sp³-hybridized carbons (Fsp3) is 0.500. The Balaban J connectivity index is 2.14. The lowest BCUT2D eigenvalue weighted by Gasteiger charge is -2.27. The lowest BCUT2D eigenvalue weighted by molar-refractivity contribution is 0.669. The van der Waals surface area contributed by atoms with E-state index >= 15 is 0 Å². The predicted molar refractivity (Wildman–Crippen MR) is 52.5 cm³/mol. The van der Waals surface area contributed by atoms with Crippen molar-refractivity contribution in [1.29, 1.82) is 0 Å². The predicted octanol–water partition coefficient (Wildman–Crippen LogP) is 1.59. The van der Waals surface area contributed by atoms with Crippen molar-refractivity contribution in [2.75, 3.05) is 18.0 Å². The summed E-state index contributed by atoms with van der Waals surface area (Å²) in [7, 11) is 0. The van der Waals surface area contributed by atoms with Gasteiger partial charge >= 0.3 is 0 Å². The van der Waals surface area contributed by atoms with Crippen molar-refractivity contribution in [3.05, 3.63) is 24.5 Å². The number of nitrogens with zero attached hydrogens (tertiary/aromatic N) is 3. The molecule has 1 fully saturated rings. The van der Waals surface area contributed by atoms with Gasteiger partial charge < -0.3 is 4.90 Å². The Labute approximate surface area is 78.8 Å². The average Bonchev–Trinajstić information content (AvgIpc) is 2.19. The van der Waals surface area contributed by atoms with Crippen LogP contribution in [0.5, 0.6) is 0 Å². The standard InChI is InChI=1S/C10H14N3/c1-9-11-6-5-10(12-9)13-7-3-2-4-8-13/h2,5-6H,3-4,7-8H2,1H3. The van der Waals surface area contributed by atoms with E-state index in [2.05, 4.69) is 21.3 Å². The van der Waals surface area contributed by atoms with Crippen LogP contribution < -0.4 is 4.90 Å². The highest BCUT2D eigenvalue weighted by Gasteiger charge is 2.11. The van der Waals surface area contributed by atoms with E-state index in [1.54, 1.807) is 0 Å². The summed E-state index contributed by atoms with van der Waals surface area (Å²) in [6, 6.07) is 1.98. The maximum Gasteiger partial charge on any atom is 0.132 e. The second-order valence-electron chi connectivity index (χ2n) is 3.32. The van der Waals surface area contributed by atoms with Crippen LogP contribution in [0.2, 0.25) is 0 Å². The van der Waals surface area contributed by atoms with Crippen molar-refractivity contribution in [2.24, 2.45) is 0 Å². The van der Waals surface area contributed by atoms with Crippen LogP contribution in [0.15, 0.2) is 12.3 Å². The van der Waals surface area contributed by atoms with E-state index < -0.39 is 0 Å². The van der Waals surface area contributed by atoms with Gasteiger partial charge in [0.1, 0.15) is 11.6 Å². The first-order chi connectivity index (χ1) is 6.36. The molecule has 1 radical (unpaired) electrons. The highest BCUT2D eigenvalue weighted by Crippen LogP contribution is 2.15. The van der Waals surface area contributed by atoms with Crippen LogP contribution >= 0.6 is 0 Å². The highest BCUT2D eigenvalue weighted by atomic mass is 15.2. The molecule has 0 aliphatic carbocycles. The van der Waals surface area contributed by atoms with Crippen LogP contribution in [0, 0.1) is 13.3 Å². The second-order valence-corrected chi connectivity index (χ2v) is 3.32. The molecule has 0 amide bonds. The van der Waals surface area contributed by atoms with Crippen LogP contribution in [0.1, 0.15) is 18.7 Å². The van der Waals surface area contributed by atoms with Gasteiger partial charge in [-0.2, -0.15) is 0 Å². The Hall–Kier alpha value is -1.12. The SMILES string of the molecule is Cc1nccc(N2CC[CH]CC2)n1. The molecule has 0 saturated carbocycles. The number of anilines is 1. The lowest BCUT2D eigenvalue weighted by atomic mass is 10.1. The van der Waals surface area contributed by atoms with Gasteiger partial charge in [-0.3, -0.25) is 0 Å². The smallest absolute Gasteiger partial charge is 0.132 e. The third-order valence-electron chi connectivity index (χ3n) is 2.29. The molecule has 1 aromatic heterocycles. The third kappa shape index (κ3) is 1.97. The number of hydrogen-bond donors (Lipinski definition) is 0. The van der Waals surface area contributed by atoms with Gasteiger partial charge in [-0.1, -0.05) is 0 Å². The fourth-order valence-electron chi connectivity index (χ4n) is 1.60. The molecular formula is C10H14N3. The zero-order chi connectivity index (χ0) is 9.10. The number of aryl methyl sites for hydroxylation is 1. The molecule has 1 aliphatic heterocycles. The Morgan fingerprint density at radius 3 is 2.77 bits per heavy atom. The van der Waals surface area contributed by atoms with Crippen LogP contribution in [-0.4, -0.2) is 23.1 Å². The van der Waals surface area contributed by atoms with Gasteiger partial charge in [0.05, 0.1) is 0 Å². The zero-order valence-corrected chi connectivity index (χ0v) is 7.90. The normalized spacial score (nSPS) is 17.5. The lowest BCUT2D eigenvalue weighted by Crippen LogP contribution is -2.30. The van der Waals surface area contributed by atoms with Crippen LogP contribution in [0.25, 0.3) is 0 Å². The molecule has 13 heavy (non-hydrogen) atoms. The van der Waals surface area contributed by atoms with Gasteiger partial charge in [-0.25, -0.2) is 9.97 Å². The first-order valence-electron chi connectivity index (χ1n) is 4.72. The van der Waals surface area contributed by atoms with Crippen LogP contribution in [0.3, 0.4) is 0 Å². The Morgan fingerprint density at radius 1 is 1.31 bits per heavy atom. The van der Waals surface area contributed by atoms with E-state index in [-0.39, 0.29) is 0 Å². The largest absolute Gasteiger partial charge is 0.356 e. The molecule has 3 nitrogen and oxygen atoms in total. The van der Waals surface area contributed by atoms with E-state index in [1.807, 2.05) is 19.2 Å². The first-order valence-corrected chi connectivity index (χ1v) is 4.72. The molecule has 0 spiro atoms. The molecule has 69 valence electrons. The summed E-state index contributed by atoms with van der Waals surface area (Å²) in [5, 5.41) is 0. The summed E-state index contributed by atoms with van der Waals surface area (Å²) in [5.74, 6) is 1.92. The van der Waals surface area contributed by atoms with E-state index in [9.17, 15) is 0 Å². The third-order valence-corrected chi connectivity index (χ3v) is 2.29. The summed E-state index contributed by atoms with van der Waals surface area (Å²) in [6.07, 6.45) is 6.51. The monoisotopic (exact) mass is 176 g/mol. The zero-order valence-electron chi connectivity index (χ0n) is 7.90. The quantitative estimate of drug-likeness (QED) is 0.650. The van der Waals surface area contributed by atoms with Gasteiger partial charge in [0.2, 0.25) is 0 Å². The topological polar surface area (TPSA) is 29.0 Å². The Kier molecular flexibility index (Phi) is 2.43. The number of aromatic nitrogens is 2. The van der Waals surface area contributed by atoms with Crippen molar-refractivity contribution in [1.82, 2.24) is 9.97 Å². The summed E-state index contributed by atoms with van der Waals surface area (Å²) < 4.78 is 0. The summed E-state index contributed by atoms with van der Waals surface area (Å²) in [5.41, 5.74) is 0. The molecule has 1 saturated heterocycles. The number of hydrogen-bond acceptors (Lipinski definition) is 3. The van der Waals surface area contributed by atoms with Gasteiger partial charge in [0, 0.05) is 19.3 Å². The minimum atomic E-state index is 0.854. The van der Waals surface area contributed by atoms with Crippen molar-refractivity contribution in [2.45, 2.75) is 19.8 Å². The minimum Gasteiger partial charge on any atom is -0.356 e. The highest BCUT2D eigenvalue weighted by molar-refractivity contribution is 5.37. The fourth-order valence-corrected chi connectivity index (χ4v) is 1.60. The van der Waals surface area contributed by atoms with Gasteiger partial charge in [0.25, 0.3) is 0 Å². The van der Waals surface area contributed by atoms with E-state index in [0.717, 1.165) is 24.7 Å². The molecular weight excluding hydrogens is 162 g/mol. The summed E-state index contributed by atoms with van der Waals surface area (Å²) in [6.45, 7) is 4.12. The summed E-state index contributed by atoms with van der Waals surface area (Å²) >= 11 is 0.